The average Bonchev–Trinajstić information content (AvgIpc) is 3.21. The van der Waals surface area contributed by atoms with Crippen LogP contribution in [0.4, 0.5) is 5.69 Å². The number of anilines is 1. The van der Waals surface area contributed by atoms with Gasteiger partial charge >= 0.3 is 0 Å². The fourth-order valence-electron chi connectivity index (χ4n) is 2.86. The van der Waals surface area contributed by atoms with Crippen molar-refractivity contribution in [3.63, 3.8) is 0 Å². The van der Waals surface area contributed by atoms with Crippen LogP contribution in [0.25, 0.3) is 0 Å². The van der Waals surface area contributed by atoms with Crippen LogP contribution in [0.5, 0.6) is 0 Å². The highest BCUT2D eigenvalue weighted by Crippen LogP contribution is 2.25. The molecule has 1 saturated carbocycles. The molecular formula is C15H24N4. The standard InChI is InChI=1S/C15H24N4/c1-12-11-18(2)7-8-19(12)15-10-16-6-5-13(15)9-17-14-3-4-14/h5-6,10,12,14,17H,3-4,7-9,11H2,1-2H3. The van der Waals surface area contributed by atoms with Gasteiger partial charge in [0.15, 0.2) is 0 Å². The van der Waals surface area contributed by atoms with Gasteiger partial charge in [-0.15, -0.1) is 0 Å². The van der Waals surface area contributed by atoms with Crippen LogP contribution in [0.3, 0.4) is 0 Å². The fraction of sp³-hybridized carbons (Fsp3) is 0.667. The van der Waals surface area contributed by atoms with E-state index < -0.39 is 0 Å². The second-order valence-corrected chi connectivity index (χ2v) is 5.96. The third kappa shape index (κ3) is 3.07. The molecule has 2 fully saturated rings. The molecule has 4 nitrogen and oxygen atoms in total. The molecule has 1 aliphatic carbocycles. The van der Waals surface area contributed by atoms with E-state index in [1.807, 2.05) is 12.4 Å². The average molecular weight is 260 g/mol. The normalized spacial score (nSPS) is 24.7. The van der Waals surface area contributed by atoms with E-state index in [9.17, 15) is 0 Å². The highest BCUT2D eigenvalue weighted by molar-refractivity contribution is 5.53. The third-order valence-corrected chi connectivity index (χ3v) is 4.19. The Morgan fingerprint density at radius 2 is 2.21 bits per heavy atom. The Morgan fingerprint density at radius 3 is 2.95 bits per heavy atom. The molecule has 1 saturated heterocycles. The van der Waals surface area contributed by atoms with Crippen molar-refractivity contribution in [1.29, 1.82) is 0 Å². The summed E-state index contributed by atoms with van der Waals surface area (Å²) in [6.45, 7) is 6.64. The predicted octanol–water partition coefficient (Wildman–Crippen LogP) is 1.47. The molecular weight excluding hydrogens is 236 g/mol. The van der Waals surface area contributed by atoms with Gasteiger partial charge in [-0.1, -0.05) is 0 Å². The van der Waals surface area contributed by atoms with E-state index in [4.69, 9.17) is 0 Å². The van der Waals surface area contributed by atoms with Gasteiger partial charge in [0.2, 0.25) is 0 Å². The lowest BCUT2D eigenvalue weighted by Crippen LogP contribution is -2.51. The van der Waals surface area contributed by atoms with Crippen molar-refractivity contribution >= 4 is 5.69 Å². The first-order valence-corrected chi connectivity index (χ1v) is 7.35. The number of nitrogens with zero attached hydrogens (tertiary/aromatic N) is 3. The zero-order valence-electron chi connectivity index (χ0n) is 12.0. The first kappa shape index (κ1) is 12.9. The molecule has 0 radical (unpaired) electrons. The maximum atomic E-state index is 4.33. The van der Waals surface area contributed by atoms with Crippen molar-refractivity contribution in [2.24, 2.45) is 0 Å². The molecule has 2 aliphatic rings. The summed E-state index contributed by atoms with van der Waals surface area (Å²) in [5, 5.41) is 3.61. The predicted molar refractivity (Wildman–Crippen MR) is 78.4 cm³/mol. The van der Waals surface area contributed by atoms with E-state index in [0.29, 0.717) is 6.04 Å². The van der Waals surface area contributed by atoms with Gasteiger partial charge in [0.05, 0.1) is 11.9 Å². The van der Waals surface area contributed by atoms with Crippen molar-refractivity contribution in [2.75, 3.05) is 31.6 Å². The molecule has 1 aromatic heterocycles. The first-order valence-electron chi connectivity index (χ1n) is 7.35. The van der Waals surface area contributed by atoms with Gasteiger partial charge in [-0.2, -0.15) is 0 Å². The molecule has 0 amide bonds. The molecule has 0 bridgehead atoms. The summed E-state index contributed by atoms with van der Waals surface area (Å²) in [5.41, 5.74) is 2.70. The Kier molecular flexibility index (Phi) is 3.71. The third-order valence-electron chi connectivity index (χ3n) is 4.19. The van der Waals surface area contributed by atoms with Crippen LogP contribution in [-0.4, -0.2) is 48.6 Å². The lowest BCUT2D eigenvalue weighted by molar-refractivity contribution is 0.275. The zero-order valence-corrected chi connectivity index (χ0v) is 12.0. The molecule has 2 heterocycles. The van der Waals surface area contributed by atoms with Crippen molar-refractivity contribution in [3.05, 3.63) is 24.0 Å². The minimum absolute atomic E-state index is 0.558. The monoisotopic (exact) mass is 260 g/mol. The van der Waals surface area contributed by atoms with Crippen molar-refractivity contribution < 1.29 is 0 Å². The molecule has 1 aromatic rings. The van der Waals surface area contributed by atoms with Gasteiger partial charge in [-0.05, 0) is 38.4 Å². The van der Waals surface area contributed by atoms with E-state index in [-0.39, 0.29) is 0 Å². The number of likely N-dealkylation sites (N-methyl/N-ethyl adjacent to an activating group) is 1. The lowest BCUT2D eigenvalue weighted by Gasteiger charge is -2.40. The van der Waals surface area contributed by atoms with Crippen LogP contribution >= 0.6 is 0 Å². The Balaban J connectivity index is 1.74. The van der Waals surface area contributed by atoms with E-state index in [2.05, 4.69) is 40.1 Å². The van der Waals surface area contributed by atoms with Gasteiger partial charge in [0, 0.05) is 44.5 Å². The number of nitrogens with one attached hydrogen (secondary N) is 1. The van der Waals surface area contributed by atoms with Crippen molar-refractivity contribution in [1.82, 2.24) is 15.2 Å². The van der Waals surface area contributed by atoms with Crippen LogP contribution in [0, 0.1) is 0 Å². The lowest BCUT2D eigenvalue weighted by atomic mass is 10.1. The maximum Gasteiger partial charge on any atom is 0.0601 e. The van der Waals surface area contributed by atoms with Crippen LogP contribution in [0.1, 0.15) is 25.3 Å². The Morgan fingerprint density at radius 1 is 1.37 bits per heavy atom. The minimum atomic E-state index is 0.558. The quantitative estimate of drug-likeness (QED) is 0.888. The molecule has 1 atom stereocenters. The number of rotatable bonds is 4. The topological polar surface area (TPSA) is 31.4 Å². The van der Waals surface area contributed by atoms with E-state index in [1.165, 1.54) is 24.1 Å². The van der Waals surface area contributed by atoms with Crippen LogP contribution in [0.15, 0.2) is 18.5 Å². The SMILES string of the molecule is CC1CN(C)CCN1c1cnccc1CNC1CC1. The Bertz CT molecular complexity index is 430. The number of piperazine rings is 1. The molecule has 0 spiro atoms. The van der Waals surface area contributed by atoms with E-state index >= 15 is 0 Å². The van der Waals surface area contributed by atoms with E-state index in [1.54, 1.807) is 0 Å². The molecule has 1 unspecified atom stereocenters. The summed E-state index contributed by atoms with van der Waals surface area (Å²) in [7, 11) is 2.20. The van der Waals surface area contributed by atoms with Gasteiger partial charge in [0.25, 0.3) is 0 Å². The maximum absolute atomic E-state index is 4.33. The highest BCUT2D eigenvalue weighted by Gasteiger charge is 2.25. The molecule has 19 heavy (non-hydrogen) atoms. The highest BCUT2D eigenvalue weighted by atomic mass is 15.3. The van der Waals surface area contributed by atoms with Gasteiger partial charge in [-0.25, -0.2) is 0 Å². The fourth-order valence-corrected chi connectivity index (χ4v) is 2.86. The summed E-state index contributed by atoms with van der Waals surface area (Å²) in [5.74, 6) is 0. The number of hydrogen-bond donors (Lipinski definition) is 1. The Hall–Kier alpha value is -1.13. The second-order valence-electron chi connectivity index (χ2n) is 5.96. The summed E-state index contributed by atoms with van der Waals surface area (Å²) in [6, 6.07) is 3.48. The smallest absolute Gasteiger partial charge is 0.0601 e. The molecule has 3 rings (SSSR count). The number of aromatic nitrogens is 1. The first-order chi connectivity index (χ1) is 9.24. The summed E-state index contributed by atoms with van der Waals surface area (Å²) < 4.78 is 0. The number of hydrogen-bond acceptors (Lipinski definition) is 4. The molecule has 0 aromatic carbocycles. The van der Waals surface area contributed by atoms with Crippen molar-refractivity contribution in [3.8, 4) is 0 Å². The van der Waals surface area contributed by atoms with Crippen LogP contribution < -0.4 is 10.2 Å². The van der Waals surface area contributed by atoms with Gasteiger partial charge in [-0.3, -0.25) is 4.98 Å². The molecule has 104 valence electrons. The van der Waals surface area contributed by atoms with Crippen LogP contribution in [-0.2, 0) is 6.54 Å². The Labute approximate surface area is 115 Å². The van der Waals surface area contributed by atoms with Crippen molar-refractivity contribution in [2.45, 2.75) is 38.4 Å². The summed E-state index contributed by atoms with van der Waals surface area (Å²) in [6.07, 6.45) is 6.62. The molecule has 4 heteroatoms. The largest absolute Gasteiger partial charge is 0.365 e. The summed E-state index contributed by atoms with van der Waals surface area (Å²) in [4.78, 5) is 9.25. The minimum Gasteiger partial charge on any atom is -0.365 e. The number of pyridine rings is 1. The van der Waals surface area contributed by atoms with E-state index in [0.717, 1.165) is 32.2 Å². The summed E-state index contributed by atoms with van der Waals surface area (Å²) >= 11 is 0. The van der Waals surface area contributed by atoms with Gasteiger partial charge < -0.3 is 15.1 Å². The van der Waals surface area contributed by atoms with Gasteiger partial charge in [0.1, 0.15) is 0 Å². The van der Waals surface area contributed by atoms with Crippen LogP contribution in [0.2, 0.25) is 0 Å². The molecule has 1 aliphatic heterocycles. The zero-order chi connectivity index (χ0) is 13.2. The molecule has 1 N–H and O–H groups in total. The second kappa shape index (κ2) is 5.47.